The first-order valence-corrected chi connectivity index (χ1v) is 9.40. The number of anilines is 1. The molecule has 3 rings (SSSR count). The number of hydrogen-bond donors (Lipinski definition) is 1. The molecule has 0 amide bonds. The third kappa shape index (κ3) is 2.35. The molecule has 0 saturated carbocycles. The summed E-state index contributed by atoms with van der Waals surface area (Å²) in [6, 6.07) is 0. The lowest BCUT2D eigenvalue weighted by atomic mass is 9.90. The maximum atomic E-state index is 13.0. The van der Waals surface area contributed by atoms with E-state index in [1.807, 2.05) is 5.38 Å². The van der Waals surface area contributed by atoms with Crippen LogP contribution >= 0.6 is 11.3 Å². The zero-order chi connectivity index (χ0) is 15.2. The Kier molecular flexibility index (Phi) is 3.71. The maximum Gasteiger partial charge on any atom is 0.262 e. The first-order chi connectivity index (χ1) is 9.95. The number of nitrogens with zero attached hydrogens (tertiary/aromatic N) is 3. The van der Waals surface area contributed by atoms with E-state index in [0.29, 0.717) is 35.7 Å². The van der Waals surface area contributed by atoms with Gasteiger partial charge in [0.15, 0.2) is 15.8 Å². The molecule has 1 saturated heterocycles. The van der Waals surface area contributed by atoms with Gasteiger partial charge in [-0.15, -0.1) is 11.3 Å². The molecule has 2 unspecified atom stereocenters. The molecule has 6 nitrogen and oxygen atoms in total. The van der Waals surface area contributed by atoms with Crippen molar-refractivity contribution in [3.05, 3.63) is 11.6 Å². The van der Waals surface area contributed by atoms with E-state index >= 15 is 0 Å². The number of rotatable bonds is 3. The van der Waals surface area contributed by atoms with Crippen molar-refractivity contribution in [1.29, 1.82) is 0 Å². The molecule has 2 aromatic heterocycles. The third-order valence-electron chi connectivity index (χ3n) is 4.34. The number of imidazole rings is 1. The Morgan fingerprint density at radius 2 is 2.14 bits per heavy atom. The van der Waals surface area contributed by atoms with E-state index in [1.165, 1.54) is 11.3 Å². The maximum absolute atomic E-state index is 13.0. The Hall–Kier alpha value is -1.12. The van der Waals surface area contributed by atoms with Gasteiger partial charge in [-0.3, -0.25) is 4.40 Å². The first kappa shape index (κ1) is 14.8. The van der Waals surface area contributed by atoms with Gasteiger partial charge in [0, 0.05) is 31.7 Å². The van der Waals surface area contributed by atoms with Gasteiger partial charge in [-0.1, -0.05) is 13.8 Å². The van der Waals surface area contributed by atoms with Gasteiger partial charge < -0.3 is 5.32 Å². The van der Waals surface area contributed by atoms with E-state index in [4.69, 9.17) is 0 Å². The van der Waals surface area contributed by atoms with Crippen molar-refractivity contribution in [1.82, 2.24) is 13.7 Å². The lowest BCUT2D eigenvalue weighted by Crippen LogP contribution is -2.42. The van der Waals surface area contributed by atoms with Crippen LogP contribution in [-0.2, 0) is 10.0 Å². The molecule has 1 aliphatic heterocycles. The van der Waals surface area contributed by atoms with Crippen LogP contribution in [0, 0.1) is 11.8 Å². The first-order valence-electron chi connectivity index (χ1n) is 7.08. The van der Waals surface area contributed by atoms with Crippen molar-refractivity contribution in [3.63, 3.8) is 0 Å². The third-order valence-corrected chi connectivity index (χ3v) is 6.98. The van der Waals surface area contributed by atoms with Gasteiger partial charge in [0.2, 0.25) is 0 Å². The minimum Gasteiger partial charge on any atom is -0.371 e. The van der Waals surface area contributed by atoms with Crippen LogP contribution in [0.25, 0.3) is 4.96 Å². The van der Waals surface area contributed by atoms with Crippen molar-refractivity contribution in [2.24, 2.45) is 11.8 Å². The number of sulfonamides is 1. The minimum absolute atomic E-state index is 0.253. The highest BCUT2D eigenvalue weighted by Crippen LogP contribution is 2.31. The molecule has 116 valence electrons. The van der Waals surface area contributed by atoms with Crippen molar-refractivity contribution in [3.8, 4) is 0 Å². The van der Waals surface area contributed by atoms with Crippen LogP contribution in [0.4, 0.5) is 5.82 Å². The largest absolute Gasteiger partial charge is 0.371 e. The summed E-state index contributed by atoms with van der Waals surface area (Å²) in [7, 11) is -1.84. The summed E-state index contributed by atoms with van der Waals surface area (Å²) in [5.41, 5.74) is 0. The zero-order valence-electron chi connectivity index (χ0n) is 12.4. The summed E-state index contributed by atoms with van der Waals surface area (Å²) in [5, 5.41) is 5.01. The van der Waals surface area contributed by atoms with Crippen LogP contribution in [0.1, 0.15) is 20.3 Å². The molecule has 2 aromatic rings. The molecule has 0 bridgehead atoms. The van der Waals surface area contributed by atoms with Crippen molar-refractivity contribution in [2.45, 2.75) is 25.3 Å². The average molecular weight is 328 g/mol. The van der Waals surface area contributed by atoms with Crippen molar-refractivity contribution in [2.75, 3.05) is 25.5 Å². The number of piperidine rings is 1. The Balaban J connectivity index is 2.06. The molecule has 0 aliphatic carbocycles. The Morgan fingerprint density at radius 3 is 2.81 bits per heavy atom. The van der Waals surface area contributed by atoms with Crippen LogP contribution in [0.3, 0.4) is 0 Å². The second-order valence-corrected chi connectivity index (χ2v) is 8.40. The van der Waals surface area contributed by atoms with E-state index in [9.17, 15) is 8.42 Å². The number of hydrogen-bond acceptors (Lipinski definition) is 5. The molecule has 21 heavy (non-hydrogen) atoms. The highest BCUT2D eigenvalue weighted by atomic mass is 32.2. The second kappa shape index (κ2) is 5.26. The number of aromatic nitrogens is 2. The summed E-state index contributed by atoms with van der Waals surface area (Å²) in [6.45, 7) is 5.45. The Labute approximate surface area is 128 Å². The summed E-state index contributed by atoms with van der Waals surface area (Å²) in [5.74, 6) is 1.36. The number of thiazole rings is 1. The monoisotopic (exact) mass is 328 g/mol. The van der Waals surface area contributed by atoms with Crippen LogP contribution < -0.4 is 5.32 Å². The van der Waals surface area contributed by atoms with Gasteiger partial charge in [-0.25, -0.2) is 13.4 Å². The van der Waals surface area contributed by atoms with Crippen LogP contribution in [0.15, 0.2) is 16.6 Å². The molecule has 8 heteroatoms. The van der Waals surface area contributed by atoms with Gasteiger partial charge in [0.05, 0.1) is 0 Å². The van der Waals surface area contributed by atoms with Gasteiger partial charge in [0.25, 0.3) is 10.0 Å². The topological polar surface area (TPSA) is 66.7 Å². The van der Waals surface area contributed by atoms with Gasteiger partial charge in [-0.2, -0.15) is 4.31 Å². The molecule has 0 radical (unpaired) electrons. The molecule has 1 fully saturated rings. The van der Waals surface area contributed by atoms with Gasteiger partial charge >= 0.3 is 0 Å². The molecule has 1 aliphatic rings. The fourth-order valence-corrected chi connectivity index (χ4v) is 5.32. The van der Waals surface area contributed by atoms with Crippen molar-refractivity contribution >= 4 is 32.1 Å². The molecule has 0 aromatic carbocycles. The fourth-order valence-electron chi connectivity index (χ4n) is 2.74. The molecule has 0 spiro atoms. The summed E-state index contributed by atoms with van der Waals surface area (Å²) in [6.07, 6.45) is 2.66. The van der Waals surface area contributed by atoms with Gasteiger partial charge in [-0.05, 0) is 18.3 Å². The average Bonchev–Trinajstić information content (AvgIpc) is 3.00. The molecule has 1 N–H and O–H groups in total. The molecular weight excluding hydrogens is 308 g/mol. The second-order valence-electron chi connectivity index (χ2n) is 5.68. The van der Waals surface area contributed by atoms with E-state index < -0.39 is 10.0 Å². The Morgan fingerprint density at radius 1 is 1.38 bits per heavy atom. The van der Waals surface area contributed by atoms with Gasteiger partial charge in [0.1, 0.15) is 0 Å². The van der Waals surface area contributed by atoms with Crippen LogP contribution in [0.5, 0.6) is 0 Å². The number of nitrogens with one attached hydrogen (secondary N) is 1. The fraction of sp³-hybridized carbons (Fsp3) is 0.615. The van der Waals surface area contributed by atoms with E-state index in [-0.39, 0.29) is 5.03 Å². The lowest BCUT2D eigenvalue weighted by molar-refractivity contribution is 0.212. The predicted molar refractivity (Wildman–Crippen MR) is 84.3 cm³/mol. The highest BCUT2D eigenvalue weighted by molar-refractivity contribution is 7.89. The summed E-state index contributed by atoms with van der Waals surface area (Å²) >= 11 is 1.43. The molecule has 2 atom stereocenters. The highest BCUT2D eigenvalue weighted by Gasteiger charge is 2.35. The molecule has 3 heterocycles. The summed E-state index contributed by atoms with van der Waals surface area (Å²) < 4.78 is 29.3. The van der Waals surface area contributed by atoms with E-state index in [0.717, 1.165) is 6.42 Å². The lowest BCUT2D eigenvalue weighted by Gasteiger charge is -2.34. The van der Waals surface area contributed by atoms with Crippen molar-refractivity contribution < 1.29 is 8.42 Å². The predicted octanol–water partition coefficient (Wildman–Crippen LogP) is 2.10. The quantitative estimate of drug-likeness (QED) is 0.937. The summed E-state index contributed by atoms with van der Waals surface area (Å²) in [4.78, 5) is 5.04. The Bertz CT molecular complexity index is 749. The smallest absolute Gasteiger partial charge is 0.262 e. The SMILES string of the molecule is CNc1nc2sccn2c1S(=O)(=O)N1CCC(C)C(C)C1. The standard InChI is InChI=1S/C13H20N4O2S2/c1-9-4-5-16(8-10(9)2)21(18,19)12-11(14-3)15-13-17(12)6-7-20-13/h6-7,9-10,14H,4-5,8H2,1-3H3. The normalized spacial score (nSPS) is 24.5. The van der Waals surface area contributed by atoms with Crippen LogP contribution in [0.2, 0.25) is 0 Å². The zero-order valence-corrected chi connectivity index (χ0v) is 14.0. The minimum atomic E-state index is -3.54. The van der Waals surface area contributed by atoms with E-state index in [1.54, 1.807) is 22.0 Å². The molecular formula is C13H20N4O2S2. The number of fused-ring (bicyclic) bond motifs is 1. The van der Waals surface area contributed by atoms with E-state index in [2.05, 4.69) is 24.1 Å². The van der Waals surface area contributed by atoms with Crippen LogP contribution in [-0.4, -0.2) is 42.2 Å².